The second-order valence-corrected chi connectivity index (χ2v) is 7.09. The molecule has 0 bridgehead atoms. The lowest BCUT2D eigenvalue weighted by Gasteiger charge is -2.08. The average molecular weight is 396 g/mol. The van der Waals surface area contributed by atoms with Gasteiger partial charge in [0.2, 0.25) is 0 Å². The zero-order valence-electron chi connectivity index (χ0n) is 17.1. The molecule has 3 aromatic heterocycles. The van der Waals surface area contributed by atoms with E-state index >= 15 is 0 Å². The summed E-state index contributed by atoms with van der Waals surface area (Å²) in [6, 6.07) is 18.0. The molecule has 0 aliphatic rings. The molecule has 0 saturated carbocycles. The third-order valence-electron chi connectivity index (χ3n) is 4.82. The highest BCUT2D eigenvalue weighted by atomic mass is 16.5. The fourth-order valence-electron chi connectivity index (χ4n) is 3.09. The maximum atomic E-state index is 5.85. The fraction of sp³-hybridized carbons (Fsp3) is 0.120. The smallest absolute Gasteiger partial charge is 0.130 e. The van der Waals surface area contributed by atoms with Crippen LogP contribution in [0.25, 0.3) is 24.3 Å². The Morgan fingerprint density at radius 1 is 1.00 bits per heavy atom. The molecule has 0 amide bonds. The summed E-state index contributed by atoms with van der Waals surface area (Å²) in [7, 11) is 2.03. The third-order valence-corrected chi connectivity index (χ3v) is 4.82. The van der Waals surface area contributed by atoms with Crippen LogP contribution in [0.1, 0.15) is 33.9 Å². The van der Waals surface area contributed by atoms with E-state index in [4.69, 9.17) is 4.74 Å². The van der Waals surface area contributed by atoms with Crippen molar-refractivity contribution in [2.24, 2.45) is 7.05 Å². The van der Waals surface area contributed by atoms with Crippen LogP contribution in [0.4, 0.5) is 0 Å². The van der Waals surface area contributed by atoms with Crippen molar-refractivity contribution >= 4 is 24.3 Å². The molecule has 5 heteroatoms. The predicted octanol–water partition coefficient (Wildman–Crippen LogP) is 5.37. The topological polar surface area (TPSA) is 55.7 Å². The van der Waals surface area contributed by atoms with E-state index in [1.54, 1.807) is 6.20 Å². The summed E-state index contributed by atoms with van der Waals surface area (Å²) in [5.41, 5.74) is 6.17. The van der Waals surface area contributed by atoms with Gasteiger partial charge in [0, 0.05) is 25.1 Å². The minimum atomic E-state index is 0.460. The standard InChI is InChI=1S/C25H24N4O/c1-19-16-25(30-18-23-6-3-4-14-26-23)13-9-20(19)8-10-21-17-22(28-27-21)11-12-24-7-5-15-29(24)2/h3-17H,18H2,1-2H3,(H,27,28). The fourth-order valence-corrected chi connectivity index (χ4v) is 3.09. The Labute approximate surface area is 176 Å². The second-order valence-electron chi connectivity index (χ2n) is 7.09. The molecule has 0 saturated heterocycles. The third kappa shape index (κ3) is 4.94. The first-order valence-electron chi connectivity index (χ1n) is 9.84. The number of nitrogens with zero attached hydrogens (tertiary/aromatic N) is 3. The molecule has 30 heavy (non-hydrogen) atoms. The zero-order valence-corrected chi connectivity index (χ0v) is 17.1. The van der Waals surface area contributed by atoms with Crippen LogP contribution in [0.3, 0.4) is 0 Å². The number of aromatic nitrogens is 4. The van der Waals surface area contributed by atoms with Crippen molar-refractivity contribution in [3.63, 3.8) is 0 Å². The number of ether oxygens (including phenoxy) is 1. The number of pyridine rings is 1. The Morgan fingerprint density at radius 2 is 1.93 bits per heavy atom. The Balaban J connectivity index is 1.38. The lowest BCUT2D eigenvalue weighted by molar-refractivity contribution is 0.301. The van der Waals surface area contributed by atoms with Crippen molar-refractivity contribution in [3.05, 3.63) is 101 Å². The number of benzene rings is 1. The average Bonchev–Trinajstić information content (AvgIpc) is 3.39. The number of rotatable bonds is 7. The molecular weight excluding hydrogens is 372 g/mol. The van der Waals surface area contributed by atoms with E-state index < -0.39 is 0 Å². The molecule has 0 aliphatic heterocycles. The highest BCUT2D eigenvalue weighted by Gasteiger charge is 2.01. The molecule has 1 aromatic carbocycles. The van der Waals surface area contributed by atoms with Crippen molar-refractivity contribution in [3.8, 4) is 5.75 Å². The molecule has 0 unspecified atom stereocenters. The minimum Gasteiger partial charge on any atom is -0.487 e. The Morgan fingerprint density at radius 3 is 2.70 bits per heavy atom. The summed E-state index contributed by atoms with van der Waals surface area (Å²) in [6.07, 6.45) is 12.0. The van der Waals surface area contributed by atoms with E-state index in [1.165, 1.54) is 0 Å². The van der Waals surface area contributed by atoms with E-state index in [0.717, 1.165) is 39.7 Å². The van der Waals surface area contributed by atoms with Gasteiger partial charge in [-0.05, 0) is 78.7 Å². The van der Waals surface area contributed by atoms with Crippen LogP contribution in [-0.2, 0) is 13.7 Å². The maximum Gasteiger partial charge on any atom is 0.130 e. The summed E-state index contributed by atoms with van der Waals surface area (Å²) in [5, 5.41) is 7.42. The molecular formula is C25H24N4O. The number of aryl methyl sites for hydroxylation is 2. The monoisotopic (exact) mass is 396 g/mol. The van der Waals surface area contributed by atoms with Crippen molar-refractivity contribution in [2.75, 3.05) is 0 Å². The molecule has 4 rings (SSSR count). The molecule has 0 fully saturated rings. The Kier molecular flexibility index (Phi) is 5.90. The van der Waals surface area contributed by atoms with E-state index in [9.17, 15) is 0 Å². The second kappa shape index (κ2) is 9.09. The van der Waals surface area contributed by atoms with Gasteiger partial charge in [-0.15, -0.1) is 0 Å². The van der Waals surface area contributed by atoms with Crippen LogP contribution in [-0.4, -0.2) is 19.7 Å². The van der Waals surface area contributed by atoms with Gasteiger partial charge in [-0.3, -0.25) is 10.1 Å². The van der Waals surface area contributed by atoms with E-state index in [-0.39, 0.29) is 0 Å². The Bertz CT molecular complexity index is 1170. The lowest BCUT2D eigenvalue weighted by Crippen LogP contribution is -1.97. The van der Waals surface area contributed by atoms with Crippen LogP contribution in [0.5, 0.6) is 5.75 Å². The number of hydrogen-bond acceptors (Lipinski definition) is 3. The minimum absolute atomic E-state index is 0.460. The maximum absolute atomic E-state index is 5.85. The van der Waals surface area contributed by atoms with Gasteiger partial charge in [-0.2, -0.15) is 5.10 Å². The first-order chi connectivity index (χ1) is 14.7. The quantitative estimate of drug-likeness (QED) is 0.457. The van der Waals surface area contributed by atoms with Gasteiger partial charge in [0.25, 0.3) is 0 Å². The summed E-state index contributed by atoms with van der Waals surface area (Å²) < 4.78 is 7.92. The van der Waals surface area contributed by atoms with Gasteiger partial charge >= 0.3 is 0 Å². The molecule has 0 spiro atoms. The zero-order chi connectivity index (χ0) is 20.8. The normalized spacial score (nSPS) is 11.5. The van der Waals surface area contributed by atoms with Crippen LogP contribution in [0.2, 0.25) is 0 Å². The van der Waals surface area contributed by atoms with Gasteiger partial charge in [-0.1, -0.05) is 18.2 Å². The van der Waals surface area contributed by atoms with Crippen LogP contribution < -0.4 is 4.74 Å². The molecule has 150 valence electrons. The number of hydrogen-bond donors (Lipinski definition) is 1. The summed E-state index contributed by atoms with van der Waals surface area (Å²) in [6.45, 7) is 2.54. The largest absolute Gasteiger partial charge is 0.487 e. The highest BCUT2D eigenvalue weighted by Crippen LogP contribution is 2.20. The van der Waals surface area contributed by atoms with Gasteiger partial charge in [0.1, 0.15) is 12.4 Å². The Hall–Kier alpha value is -3.86. The van der Waals surface area contributed by atoms with Crippen molar-refractivity contribution in [1.29, 1.82) is 0 Å². The van der Waals surface area contributed by atoms with Crippen LogP contribution >= 0.6 is 0 Å². The summed E-state index contributed by atoms with van der Waals surface area (Å²) in [4.78, 5) is 4.28. The predicted molar refractivity (Wildman–Crippen MR) is 122 cm³/mol. The lowest BCUT2D eigenvalue weighted by atomic mass is 10.1. The van der Waals surface area contributed by atoms with E-state index in [1.807, 2.05) is 67.9 Å². The molecule has 3 heterocycles. The summed E-state index contributed by atoms with van der Waals surface area (Å²) in [5.74, 6) is 0.836. The van der Waals surface area contributed by atoms with Crippen molar-refractivity contribution < 1.29 is 4.74 Å². The number of aromatic amines is 1. The van der Waals surface area contributed by atoms with Gasteiger partial charge < -0.3 is 9.30 Å². The van der Waals surface area contributed by atoms with Crippen LogP contribution in [0, 0.1) is 6.92 Å². The van der Waals surface area contributed by atoms with Gasteiger partial charge in [-0.25, -0.2) is 0 Å². The van der Waals surface area contributed by atoms with E-state index in [2.05, 4.69) is 51.0 Å². The van der Waals surface area contributed by atoms with Gasteiger partial charge in [0.15, 0.2) is 0 Å². The van der Waals surface area contributed by atoms with Crippen LogP contribution in [0.15, 0.2) is 67.0 Å². The molecule has 0 radical (unpaired) electrons. The molecule has 5 nitrogen and oxygen atoms in total. The van der Waals surface area contributed by atoms with Crippen molar-refractivity contribution in [2.45, 2.75) is 13.5 Å². The van der Waals surface area contributed by atoms with E-state index in [0.29, 0.717) is 6.61 Å². The highest BCUT2D eigenvalue weighted by molar-refractivity contribution is 5.72. The first kappa shape index (κ1) is 19.5. The molecule has 4 aromatic rings. The molecule has 0 atom stereocenters. The number of nitrogens with one attached hydrogen (secondary N) is 1. The van der Waals surface area contributed by atoms with Gasteiger partial charge in [0.05, 0.1) is 17.1 Å². The summed E-state index contributed by atoms with van der Waals surface area (Å²) >= 11 is 0. The first-order valence-corrected chi connectivity index (χ1v) is 9.84. The molecule has 0 aliphatic carbocycles. The SMILES string of the molecule is Cc1cc(OCc2ccccn2)ccc1C=Cc1cc(C=Cc2cccn2C)[nH]n1. The number of H-pyrrole nitrogens is 1. The molecule has 1 N–H and O–H groups in total. The van der Waals surface area contributed by atoms with Crippen molar-refractivity contribution in [1.82, 2.24) is 19.7 Å².